The number of hydrazine groups is 1. The lowest BCUT2D eigenvalue weighted by Crippen LogP contribution is -2.43. The molecular formula is C17H17ClN2O4. The van der Waals surface area contributed by atoms with Crippen LogP contribution in [0.25, 0.3) is 0 Å². The van der Waals surface area contributed by atoms with Crippen LogP contribution in [0.5, 0.6) is 11.5 Å². The zero-order chi connectivity index (χ0) is 17.4. The predicted octanol–water partition coefficient (Wildman–Crippen LogP) is 2.58. The summed E-state index contributed by atoms with van der Waals surface area (Å²) in [6.07, 6.45) is 0. The lowest BCUT2D eigenvalue weighted by atomic mass is 10.2. The molecular weight excluding hydrogens is 332 g/mol. The molecule has 2 amide bonds. The van der Waals surface area contributed by atoms with Gasteiger partial charge in [-0.2, -0.15) is 0 Å². The predicted molar refractivity (Wildman–Crippen MR) is 90.2 cm³/mol. The molecule has 0 aliphatic carbocycles. The first-order valence-corrected chi connectivity index (χ1v) is 7.68. The second kappa shape index (κ2) is 8.79. The van der Waals surface area contributed by atoms with Gasteiger partial charge in [-0.3, -0.25) is 20.4 Å². The third-order valence-electron chi connectivity index (χ3n) is 2.94. The van der Waals surface area contributed by atoms with E-state index in [1.54, 1.807) is 48.5 Å². The molecule has 0 saturated heterocycles. The molecule has 2 N–H and O–H groups in total. The van der Waals surface area contributed by atoms with Crippen LogP contribution in [0.15, 0.2) is 48.5 Å². The number of carbonyl (C=O) groups is 2. The van der Waals surface area contributed by atoms with Gasteiger partial charge in [-0.15, -0.1) is 0 Å². The van der Waals surface area contributed by atoms with E-state index in [-0.39, 0.29) is 6.61 Å². The van der Waals surface area contributed by atoms with Gasteiger partial charge >= 0.3 is 0 Å². The molecule has 0 atom stereocenters. The Kier molecular flexibility index (Phi) is 6.45. The Bertz CT molecular complexity index is 721. The van der Waals surface area contributed by atoms with E-state index >= 15 is 0 Å². The van der Waals surface area contributed by atoms with Crippen LogP contribution in [-0.4, -0.2) is 25.0 Å². The van der Waals surface area contributed by atoms with Gasteiger partial charge in [-0.1, -0.05) is 35.9 Å². The average molecular weight is 349 g/mol. The van der Waals surface area contributed by atoms with Gasteiger partial charge < -0.3 is 9.47 Å². The molecule has 0 aromatic heterocycles. The zero-order valence-electron chi connectivity index (χ0n) is 13.0. The number of halogens is 1. The summed E-state index contributed by atoms with van der Waals surface area (Å²) < 4.78 is 10.6. The van der Waals surface area contributed by atoms with E-state index in [1.165, 1.54) is 0 Å². The smallest absolute Gasteiger partial charge is 0.276 e. The van der Waals surface area contributed by atoms with Crippen LogP contribution in [0, 0.1) is 0 Å². The molecule has 7 heteroatoms. The van der Waals surface area contributed by atoms with Crippen molar-refractivity contribution >= 4 is 23.4 Å². The van der Waals surface area contributed by atoms with E-state index < -0.39 is 11.8 Å². The molecule has 0 fully saturated rings. The summed E-state index contributed by atoms with van der Waals surface area (Å²) in [4.78, 5) is 23.9. The highest BCUT2D eigenvalue weighted by Crippen LogP contribution is 2.22. The van der Waals surface area contributed by atoms with Crippen molar-refractivity contribution in [3.05, 3.63) is 59.1 Å². The Hall–Kier alpha value is -2.73. The van der Waals surface area contributed by atoms with Gasteiger partial charge in [0.25, 0.3) is 11.8 Å². The number of benzene rings is 2. The number of hydrogen-bond donors (Lipinski definition) is 2. The fraction of sp³-hybridized carbons (Fsp3) is 0.176. The lowest BCUT2D eigenvalue weighted by molar-refractivity contribution is -0.123. The van der Waals surface area contributed by atoms with Gasteiger partial charge in [0.05, 0.1) is 17.2 Å². The summed E-state index contributed by atoms with van der Waals surface area (Å²) >= 11 is 5.92. The summed E-state index contributed by atoms with van der Waals surface area (Å²) in [6.45, 7) is 1.97. The molecule has 0 radical (unpaired) electrons. The third kappa shape index (κ3) is 4.89. The number of ether oxygens (including phenoxy) is 2. The van der Waals surface area contributed by atoms with Crippen molar-refractivity contribution in [2.45, 2.75) is 6.92 Å². The molecule has 0 saturated carbocycles. The third-order valence-corrected chi connectivity index (χ3v) is 3.25. The van der Waals surface area contributed by atoms with Crippen molar-refractivity contribution in [3.8, 4) is 11.5 Å². The van der Waals surface area contributed by atoms with E-state index in [9.17, 15) is 9.59 Å². The Morgan fingerprint density at radius 2 is 1.62 bits per heavy atom. The first kappa shape index (κ1) is 17.6. The summed E-state index contributed by atoms with van der Waals surface area (Å²) in [7, 11) is 0. The maximum Gasteiger partial charge on any atom is 0.276 e. The van der Waals surface area contributed by atoms with Gasteiger partial charge in [-0.25, -0.2) is 0 Å². The van der Waals surface area contributed by atoms with E-state index in [2.05, 4.69) is 10.9 Å². The molecule has 0 heterocycles. The molecule has 2 rings (SSSR count). The molecule has 24 heavy (non-hydrogen) atoms. The zero-order valence-corrected chi connectivity index (χ0v) is 13.8. The van der Waals surface area contributed by atoms with Crippen LogP contribution in [0.2, 0.25) is 5.02 Å². The van der Waals surface area contributed by atoms with Gasteiger partial charge in [-0.05, 0) is 31.2 Å². The Morgan fingerprint density at radius 1 is 0.958 bits per heavy atom. The topological polar surface area (TPSA) is 76.7 Å². The average Bonchev–Trinajstić information content (AvgIpc) is 2.60. The van der Waals surface area contributed by atoms with Crippen molar-refractivity contribution in [2.24, 2.45) is 0 Å². The van der Waals surface area contributed by atoms with E-state index in [0.29, 0.717) is 28.7 Å². The number of hydrogen-bond acceptors (Lipinski definition) is 4. The van der Waals surface area contributed by atoms with Crippen LogP contribution in [0.1, 0.15) is 17.3 Å². The number of nitrogens with one attached hydrogen (secondary N) is 2. The van der Waals surface area contributed by atoms with Crippen molar-refractivity contribution in [2.75, 3.05) is 13.2 Å². The Labute approximate surface area is 144 Å². The van der Waals surface area contributed by atoms with Crippen LogP contribution < -0.4 is 20.3 Å². The molecule has 0 unspecified atom stereocenters. The minimum atomic E-state index is -0.517. The lowest BCUT2D eigenvalue weighted by Gasteiger charge is -2.12. The number of carbonyl (C=O) groups excluding carboxylic acids is 2. The fourth-order valence-corrected chi connectivity index (χ4v) is 2.06. The highest BCUT2D eigenvalue weighted by Gasteiger charge is 2.13. The normalized spacial score (nSPS) is 9.92. The molecule has 0 aliphatic heterocycles. The first-order valence-electron chi connectivity index (χ1n) is 7.30. The van der Waals surface area contributed by atoms with Gasteiger partial charge in [0.2, 0.25) is 0 Å². The van der Waals surface area contributed by atoms with Crippen LogP contribution in [0.4, 0.5) is 0 Å². The van der Waals surface area contributed by atoms with Crippen LogP contribution in [-0.2, 0) is 4.79 Å². The van der Waals surface area contributed by atoms with E-state index in [0.717, 1.165) is 0 Å². The van der Waals surface area contributed by atoms with E-state index in [1.807, 2.05) is 6.92 Å². The summed E-state index contributed by atoms with van der Waals surface area (Å²) in [6, 6.07) is 13.6. The SMILES string of the molecule is CCOc1ccccc1C(=O)NNC(=O)COc1ccccc1Cl. The number of amides is 2. The molecule has 6 nitrogen and oxygen atoms in total. The van der Waals surface area contributed by atoms with E-state index in [4.69, 9.17) is 21.1 Å². The summed E-state index contributed by atoms with van der Waals surface area (Å²) in [5, 5.41) is 0.403. The quantitative estimate of drug-likeness (QED) is 0.787. The Balaban J connectivity index is 1.85. The molecule has 0 bridgehead atoms. The van der Waals surface area contributed by atoms with Crippen LogP contribution >= 0.6 is 11.6 Å². The maximum absolute atomic E-state index is 12.1. The molecule has 0 spiro atoms. The fourth-order valence-electron chi connectivity index (χ4n) is 1.87. The van der Waals surface area contributed by atoms with Gasteiger partial charge in [0, 0.05) is 0 Å². The minimum Gasteiger partial charge on any atom is -0.493 e. The summed E-state index contributed by atoms with van der Waals surface area (Å²) in [5.41, 5.74) is 4.92. The van der Waals surface area contributed by atoms with Crippen molar-refractivity contribution in [1.82, 2.24) is 10.9 Å². The second-order valence-corrected chi connectivity index (χ2v) is 5.06. The van der Waals surface area contributed by atoms with Crippen molar-refractivity contribution in [3.63, 3.8) is 0 Å². The molecule has 126 valence electrons. The Morgan fingerprint density at radius 3 is 2.33 bits per heavy atom. The number of rotatable bonds is 6. The van der Waals surface area contributed by atoms with Crippen LogP contribution in [0.3, 0.4) is 0 Å². The summed E-state index contributed by atoms with van der Waals surface area (Å²) in [5.74, 6) is -0.163. The highest BCUT2D eigenvalue weighted by atomic mass is 35.5. The number of para-hydroxylation sites is 2. The molecule has 2 aromatic rings. The minimum absolute atomic E-state index is 0.281. The molecule has 0 aliphatic rings. The van der Waals surface area contributed by atoms with Gasteiger partial charge in [0.15, 0.2) is 6.61 Å². The first-order chi connectivity index (χ1) is 11.6. The largest absolute Gasteiger partial charge is 0.493 e. The van der Waals surface area contributed by atoms with Crippen molar-refractivity contribution in [1.29, 1.82) is 0 Å². The maximum atomic E-state index is 12.1. The highest BCUT2D eigenvalue weighted by molar-refractivity contribution is 6.32. The molecule has 2 aromatic carbocycles. The standard InChI is InChI=1S/C17H17ClN2O4/c1-2-23-14-9-5-3-7-12(14)17(22)20-19-16(21)11-24-15-10-6-4-8-13(15)18/h3-10H,2,11H2,1H3,(H,19,21)(H,20,22). The van der Waals surface area contributed by atoms with Gasteiger partial charge in [0.1, 0.15) is 11.5 Å². The van der Waals surface area contributed by atoms with Crippen molar-refractivity contribution < 1.29 is 19.1 Å². The second-order valence-electron chi connectivity index (χ2n) is 4.65. The monoisotopic (exact) mass is 348 g/mol.